The molecule has 2 aliphatic rings. The fraction of sp³-hybridized carbons (Fsp3) is 0.300. The Morgan fingerprint density at radius 3 is 2.65 bits per heavy atom. The molecule has 2 aromatic rings. The van der Waals surface area contributed by atoms with Crippen LogP contribution in [0.25, 0.3) is 11.1 Å². The summed E-state index contributed by atoms with van der Waals surface area (Å²) in [5.74, 6) is -0.402. The molecular weight excluding hydrogens is 334 g/mol. The molecule has 6 heteroatoms. The van der Waals surface area contributed by atoms with E-state index < -0.39 is 18.2 Å². The lowest BCUT2D eigenvalue weighted by molar-refractivity contribution is -0.150. The third-order valence-corrected chi connectivity index (χ3v) is 4.74. The summed E-state index contributed by atoms with van der Waals surface area (Å²) >= 11 is 0. The van der Waals surface area contributed by atoms with Crippen molar-refractivity contribution in [2.45, 2.75) is 31.5 Å². The van der Waals surface area contributed by atoms with Crippen LogP contribution < -0.4 is 10.1 Å². The van der Waals surface area contributed by atoms with Crippen LogP contribution in [0, 0.1) is 0 Å². The summed E-state index contributed by atoms with van der Waals surface area (Å²) in [6, 6.07) is 13.7. The first-order valence-electron chi connectivity index (χ1n) is 8.65. The Balaban J connectivity index is 1.48. The van der Waals surface area contributed by atoms with Crippen molar-refractivity contribution in [2.75, 3.05) is 11.9 Å². The molecule has 0 spiro atoms. The fourth-order valence-corrected chi connectivity index (χ4v) is 3.38. The molecule has 1 fully saturated rings. The predicted molar refractivity (Wildman–Crippen MR) is 95.2 cm³/mol. The summed E-state index contributed by atoms with van der Waals surface area (Å²) in [5.41, 5.74) is 3.91. The number of hydrogen-bond acceptors (Lipinski definition) is 4. The van der Waals surface area contributed by atoms with Gasteiger partial charge in [-0.1, -0.05) is 18.2 Å². The minimum atomic E-state index is -1.03. The van der Waals surface area contributed by atoms with Crippen molar-refractivity contribution in [3.05, 3.63) is 48.0 Å². The molecule has 2 N–H and O–H groups in total. The smallest absolute Gasteiger partial charge is 0.332 e. The third-order valence-electron chi connectivity index (χ3n) is 4.74. The minimum Gasteiger partial charge on any atom is -0.493 e. The van der Waals surface area contributed by atoms with Crippen molar-refractivity contribution >= 4 is 17.6 Å². The van der Waals surface area contributed by atoms with Crippen LogP contribution in [0.5, 0.6) is 5.75 Å². The lowest BCUT2D eigenvalue weighted by atomic mass is 10.0. The fourth-order valence-electron chi connectivity index (χ4n) is 3.38. The lowest BCUT2D eigenvalue weighted by Gasteiger charge is -2.13. The maximum Gasteiger partial charge on any atom is 0.332 e. The number of fused-ring (bicyclic) bond motifs is 1. The topological polar surface area (TPSA) is 84.9 Å². The molecule has 0 radical (unpaired) electrons. The molecule has 2 heterocycles. The number of carboxylic acid groups (broad SMARTS) is 1. The number of carbonyl (C=O) groups is 2. The number of hydrogen-bond donors (Lipinski definition) is 2. The van der Waals surface area contributed by atoms with Crippen LogP contribution in [-0.4, -0.2) is 35.8 Å². The summed E-state index contributed by atoms with van der Waals surface area (Å²) < 4.78 is 10.8. The number of carbonyl (C=O) groups excluding carboxylic acids is 1. The maximum absolute atomic E-state index is 12.3. The molecule has 2 aliphatic heterocycles. The van der Waals surface area contributed by atoms with E-state index in [0.29, 0.717) is 25.1 Å². The standard InChI is InChI=1S/C20H19NO5/c22-19(17-6-7-18(26-17)20(23)24)21-15-3-1-2-12(11-15)13-4-5-16-14(10-13)8-9-25-16/h1-5,10-11,17-18H,6-9H2,(H,21,22)(H,23,24)/t17-,18+/m0/s1. The number of nitrogens with one attached hydrogen (secondary N) is 1. The Bertz CT molecular complexity index is 863. The van der Waals surface area contributed by atoms with Gasteiger partial charge in [0.1, 0.15) is 11.9 Å². The van der Waals surface area contributed by atoms with Crippen LogP contribution >= 0.6 is 0 Å². The van der Waals surface area contributed by atoms with E-state index in [2.05, 4.69) is 11.4 Å². The normalized spacial score (nSPS) is 21.1. The Labute approximate surface area is 150 Å². The number of ether oxygens (including phenoxy) is 2. The Morgan fingerprint density at radius 1 is 1.04 bits per heavy atom. The van der Waals surface area contributed by atoms with Gasteiger partial charge in [-0.2, -0.15) is 0 Å². The number of carboxylic acids is 1. The van der Waals surface area contributed by atoms with E-state index in [0.717, 1.165) is 23.3 Å². The lowest BCUT2D eigenvalue weighted by Crippen LogP contribution is -2.29. The quantitative estimate of drug-likeness (QED) is 0.883. The average molecular weight is 353 g/mol. The monoisotopic (exact) mass is 353 g/mol. The Hall–Kier alpha value is -2.86. The number of amides is 1. The molecule has 0 bridgehead atoms. The molecule has 4 rings (SSSR count). The number of rotatable bonds is 4. The van der Waals surface area contributed by atoms with Crippen LogP contribution in [0.4, 0.5) is 5.69 Å². The summed E-state index contributed by atoms with van der Waals surface area (Å²) in [7, 11) is 0. The van der Waals surface area contributed by atoms with Gasteiger partial charge in [-0.3, -0.25) is 4.79 Å². The van der Waals surface area contributed by atoms with Crippen molar-refractivity contribution < 1.29 is 24.2 Å². The van der Waals surface area contributed by atoms with E-state index in [1.54, 1.807) is 0 Å². The van der Waals surface area contributed by atoms with Crippen molar-refractivity contribution in [1.29, 1.82) is 0 Å². The van der Waals surface area contributed by atoms with Crippen LogP contribution in [0.3, 0.4) is 0 Å². The third kappa shape index (κ3) is 3.28. The first-order valence-corrected chi connectivity index (χ1v) is 8.65. The molecule has 26 heavy (non-hydrogen) atoms. The van der Waals surface area contributed by atoms with Crippen LogP contribution in [-0.2, 0) is 20.7 Å². The van der Waals surface area contributed by atoms with E-state index >= 15 is 0 Å². The number of aliphatic carboxylic acids is 1. The van der Waals surface area contributed by atoms with Crippen LogP contribution in [0.2, 0.25) is 0 Å². The van der Waals surface area contributed by atoms with Gasteiger partial charge in [0.15, 0.2) is 6.10 Å². The predicted octanol–water partition coefficient (Wildman–Crippen LogP) is 2.86. The molecule has 1 amide bonds. The molecule has 0 unspecified atom stereocenters. The van der Waals surface area contributed by atoms with E-state index in [1.807, 2.05) is 36.4 Å². The van der Waals surface area contributed by atoms with E-state index in [-0.39, 0.29) is 5.91 Å². The minimum absolute atomic E-state index is 0.312. The van der Waals surface area contributed by atoms with Gasteiger partial charge in [-0.05, 0) is 53.8 Å². The second-order valence-corrected chi connectivity index (χ2v) is 6.52. The summed E-state index contributed by atoms with van der Waals surface area (Å²) in [4.78, 5) is 23.3. The highest BCUT2D eigenvalue weighted by molar-refractivity contribution is 5.95. The Kier molecular flexibility index (Phi) is 4.34. The van der Waals surface area contributed by atoms with Gasteiger partial charge in [0.05, 0.1) is 6.61 Å². The van der Waals surface area contributed by atoms with Crippen LogP contribution in [0.1, 0.15) is 18.4 Å². The molecule has 134 valence electrons. The zero-order chi connectivity index (χ0) is 18.1. The molecule has 2 atom stereocenters. The highest BCUT2D eigenvalue weighted by Crippen LogP contribution is 2.31. The zero-order valence-corrected chi connectivity index (χ0v) is 14.1. The molecule has 0 aromatic heterocycles. The van der Waals surface area contributed by atoms with Crippen molar-refractivity contribution in [3.63, 3.8) is 0 Å². The van der Waals surface area contributed by atoms with Gasteiger partial charge in [0.2, 0.25) is 0 Å². The number of anilines is 1. The van der Waals surface area contributed by atoms with Gasteiger partial charge in [-0.25, -0.2) is 4.79 Å². The zero-order valence-electron chi connectivity index (χ0n) is 14.1. The highest BCUT2D eigenvalue weighted by atomic mass is 16.5. The molecule has 6 nitrogen and oxygen atoms in total. The van der Waals surface area contributed by atoms with Gasteiger partial charge >= 0.3 is 5.97 Å². The molecule has 2 aromatic carbocycles. The first-order chi connectivity index (χ1) is 12.6. The van der Waals surface area contributed by atoms with Gasteiger partial charge < -0.3 is 19.9 Å². The van der Waals surface area contributed by atoms with Gasteiger partial charge in [-0.15, -0.1) is 0 Å². The largest absolute Gasteiger partial charge is 0.493 e. The van der Waals surface area contributed by atoms with Gasteiger partial charge in [0, 0.05) is 12.1 Å². The van der Waals surface area contributed by atoms with Gasteiger partial charge in [0.25, 0.3) is 5.91 Å². The SMILES string of the molecule is O=C(Nc1cccc(-c2ccc3c(c2)CCO3)c1)[C@@H]1CC[C@H](C(=O)O)O1. The molecular formula is C20H19NO5. The van der Waals surface area contributed by atoms with Crippen LogP contribution in [0.15, 0.2) is 42.5 Å². The molecule has 0 saturated carbocycles. The highest BCUT2D eigenvalue weighted by Gasteiger charge is 2.34. The second-order valence-electron chi connectivity index (χ2n) is 6.52. The summed E-state index contributed by atoms with van der Waals surface area (Å²) in [6.07, 6.45) is 0.0454. The van der Waals surface area contributed by atoms with Crippen molar-refractivity contribution in [1.82, 2.24) is 0 Å². The van der Waals surface area contributed by atoms with E-state index in [4.69, 9.17) is 14.6 Å². The van der Waals surface area contributed by atoms with Crippen molar-refractivity contribution in [3.8, 4) is 16.9 Å². The average Bonchev–Trinajstić information content (AvgIpc) is 3.31. The van der Waals surface area contributed by atoms with E-state index in [9.17, 15) is 9.59 Å². The molecule has 0 aliphatic carbocycles. The second kappa shape index (κ2) is 6.80. The summed E-state index contributed by atoms with van der Waals surface area (Å²) in [6.45, 7) is 0.716. The van der Waals surface area contributed by atoms with E-state index in [1.165, 1.54) is 5.56 Å². The Morgan fingerprint density at radius 2 is 1.85 bits per heavy atom. The first kappa shape index (κ1) is 16.6. The van der Waals surface area contributed by atoms with Crippen molar-refractivity contribution in [2.24, 2.45) is 0 Å². The molecule has 1 saturated heterocycles. The number of benzene rings is 2. The summed E-state index contributed by atoms with van der Waals surface area (Å²) in [5, 5.41) is 11.8. The maximum atomic E-state index is 12.3.